The molecule has 0 saturated carbocycles. The maximum atomic E-state index is 12.3. The predicted octanol–water partition coefficient (Wildman–Crippen LogP) is 1.23. The summed E-state index contributed by atoms with van der Waals surface area (Å²) in [5.74, 6) is -3.49. The van der Waals surface area contributed by atoms with Crippen LogP contribution in [-0.4, -0.2) is 28.4 Å². The van der Waals surface area contributed by atoms with Gasteiger partial charge in [-0.15, -0.1) is 0 Å². The van der Waals surface area contributed by atoms with Crippen molar-refractivity contribution in [1.29, 1.82) is 0 Å². The number of rotatable bonds is 5. The normalized spacial score (nSPS) is 32.7. The summed E-state index contributed by atoms with van der Waals surface area (Å²) in [6, 6.07) is 8.77. The van der Waals surface area contributed by atoms with Gasteiger partial charge in [0.15, 0.2) is 0 Å². The average Bonchev–Trinajstić information content (AvgIpc) is 3.04. The van der Waals surface area contributed by atoms with Crippen LogP contribution in [-0.2, 0) is 14.4 Å². The van der Waals surface area contributed by atoms with Gasteiger partial charge in [-0.05, 0) is 12.0 Å². The molecule has 6 nitrogen and oxygen atoms in total. The van der Waals surface area contributed by atoms with Gasteiger partial charge in [0.2, 0.25) is 11.8 Å². The van der Waals surface area contributed by atoms with E-state index in [-0.39, 0.29) is 5.91 Å². The van der Waals surface area contributed by atoms with Crippen LogP contribution in [0.3, 0.4) is 0 Å². The lowest BCUT2D eigenvalue weighted by Crippen LogP contribution is -2.55. The van der Waals surface area contributed by atoms with Gasteiger partial charge in [0.25, 0.3) is 0 Å². The van der Waals surface area contributed by atoms with Crippen LogP contribution in [0.15, 0.2) is 30.3 Å². The number of carbonyl (C=O) groups excluding carboxylic acids is 2. The number of carboxylic acid groups (broad SMARTS) is 1. The highest BCUT2D eigenvalue weighted by atomic mass is 16.4. The summed E-state index contributed by atoms with van der Waals surface area (Å²) in [6.45, 7) is 1.97. The Bertz CT molecular complexity index is 645. The van der Waals surface area contributed by atoms with Crippen molar-refractivity contribution in [2.75, 3.05) is 0 Å². The summed E-state index contributed by atoms with van der Waals surface area (Å²) < 4.78 is 0. The third kappa shape index (κ3) is 2.34. The first-order chi connectivity index (χ1) is 11.0. The van der Waals surface area contributed by atoms with Gasteiger partial charge >= 0.3 is 5.97 Å². The van der Waals surface area contributed by atoms with Crippen LogP contribution in [0.25, 0.3) is 0 Å². The Kier molecular flexibility index (Phi) is 3.93. The smallest absolute Gasteiger partial charge is 0.324 e. The largest absolute Gasteiger partial charge is 0.480 e. The van der Waals surface area contributed by atoms with Gasteiger partial charge in [-0.1, -0.05) is 50.1 Å². The number of hydrogen-bond acceptors (Lipinski definition) is 4. The van der Waals surface area contributed by atoms with Crippen LogP contribution in [0.4, 0.5) is 0 Å². The van der Waals surface area contributed by atoms with Crippen LogP contribution in [0.2, 0.25) is 0 Å². The van der Waals surface area contributed by atoms with E-state index in [9.17, 15) is 19.5 Å². The number of carboxylic acids is 1. The third-order valence-electron chi connectivity index (χ3n) is 4.96. The second-order valence-electron chi connectivity index (χ2n) is 6.27. The van der Waals surface area contributed by atoms with E-state index >= 15 is 0 Å². The van der Waals surface area contributed by atoms with Crippen LogP contribution >= 0.6 is 0 Å². The first-order valence-electron chi connectivity index (χ1n) is 7.92. The molecule has 0 aromatic heterocycles. The van der Waals surface area contributed by atoms with Crippen molar-refractivity contribution in [1.82, 2.24) is 10.6 Å². The van der Waals surface area contributed by atoms with Crippen LogP contribution in [0, 0.1) is 11.8 Å². The fourth-order valence-corrected chi connectivity index (χ4v) is 3.86. The van der Waals surface area contributed by atoms with Gasteiger partial charge in [0.05, 0.1) is 11.8 Å². The van der Waals surface area contributed by atoms with Gasteiger partial charge < -0.3 is 5.11 Å². The van der Waals surface area contributed by atoms with Crippen molar-refractivity contribution in [3.05, 3.63) is 35.9 Å². The second-order valence-corrected chi connectivity index (χ2v) is 6.27. The summed E-state index contributed by atoms with van der Waals surface area (Å²) >= 11 is 0. The Balaban J connectivity index is 2.06. The molecule has 23 heavy (non-hydrogen) atoms. The Morgan fingerprint density at radius 3 is 2.52 bits per heavy atom. The highest BCUT2D eigenvalue weighted by molar-refractivity contribution is 6.09. The van der Waals surface area contributed by atoms with Gasteiger partial charge in [-0.25, -0.2) is 0 Å². The minimum Gasteiger partial charge on any atom is -0.480 e. The van der Waals surface area contributed by atoms with E-state index in [1.54, 1.807) is 0 Å². The molecule has 1 aromatic carbocycles. The highest BCUT2D eigenvalue weighted by Crippen LogP contribution is 2.48. The first-order valence-corrected chi connectivity index (χ1v) is 7.92. The molecule has 2 aliphatic rings. The Hall–Kier alpha value is -2.21. The SMILES string of the molecule is CCCCC1(C(=O)O)NC(c2ccccc2)C2C(=O)NC(=O)C21. The number of imide groups is 1. The Labute approximate surface area is 134 Å². The van der Waals surface area contributed by atoms with Gasteiger partial charge in [-0.2, -0.15) is 0 Å². The molecular weight excluding hydrogens is 296 g/mol. The summed E-state index contributed by atoms with van der Waals surface area (Å²) in [4.78, 5) is 36.6. The molecule has 122 valence electrons. The fourth-order valence-electron chi connectivity index (χ4n) is 3.86. The van der Waals surface area contributed by atoms with E-state index in [4.69, 9.17) is 0 Å². The summed E-state index contributed by atoms with van der Waals surface area (Å²) in [7, 11) is 0. The molecule has 2 heterocycles. The van der Waals surface area contributed by atoms with Gasteiger partial charge in [-0.3, -0.25) is 25.0 Å². The maximum Gasteiger partial charge on any atom is 0.324 e. The molecule has 2 fully saturated rings. The molecule has 1 aromatic rings. The molecule has 2 amide bonds. The van der Waals surface area contributed by atoms with Crippen molar-refractivity contribution >= 4 is 17.8 Å². The molecule has 0 spiro atoms. The quantitative estimate of drug-likeness (QED) is 0.710. The minimum atomic E-state index is -1.39. The number of unbranched alkanes of at least 4 members (excludes halogenated alkanes) is 1. The summed E-state index contributed by atoms with van der Waals surface area (Å²) in [6.07, 6.45) is 1.81. The zero-order chi connectivity index (χ0) is 16.6. The maximum absolute atomic E-state index is 12.3. The number of nitrogens with one attached hydrogen (secondary N) is 2. The van der Waals surface area contributed by atoms with Gasteiger partial charge in [0.1, 0.15) is 5.54 Å². The van der Waals surface area contributed by atoms with Crippen LogP contribution < -0.4 is 10.6 Å². The second kappa shape index (κ2) is 5.77. The number of benzene rings is 1. The van der Waals surface area contributed by atoms with Crippen LogP contribution in [0.5, 0.6) is 0 Å². The molecule has 3 N–H and O–H groups in total. The predicted molar refractivity (Wildman–Crippen MR) is 82.3 cm³/mol. The molecule has 2 saturated heterocycles. The van der Waals surface area contributed by atoms with E-state index in [0.717, 1.165) is 12.0 Å². The van der Waals surface area contributed by atoms with Crippen molar-refractivity contribution in [3.63, 3.8) is 0 Å². The molecule has 4 unspecified atom stereocenters. The first kappa shape index (κ1) is 15.7. The summed E-state index contributed by atoms with van der Waals surface area (Å²) in [5.41, 5.74) is -0.566. The van der Waals surface area contributed by atoms with Crippen molar-refractivity contribution in [2.24, 2.45) is 11.8 Å². The lowest BCUT2D eigenvalue weighted by atomic mass is 9.77. The van der Waals surface area contributed by atoms with Crippen molar-refractivity contribution < 1.29 is 19.5 Å². The molecule has 0 aliphatic carbocycles. The van der Waals surface area contributed by atoms with Crippen LogP contribution in [0.1, 0.15) is 37.8 Å². The standard InChI is InChI=1S/C17H20N2O4/c1-2-3-9-17(16(22)23)12-11(14(20)18-15(12)21)13(19-17)10-7-5-4-6-8-10/h4-8,11-13,19H,2-3,9H2,1H3,(H,22,23)(H,18,20,21). The molecular formula is C17H20N2O4. The molecule has 0 bridgehead atoms. The number of fused-ring (bicyclic) bond motifs is 1. The third-order valence-corrected chi connectivity index (χ3v) is 4.96. The Morgan fingerprint density at radius 1 is 1.22 bits per heavy atom. The summed E-state index contributed by atoms with van der Waals surface area (Å²) in [5, 5.41) is 15.3. The van der Waals surface area contributed by atoms with E-state index in [2.05, 4.69) is 10.6 Å². The average molecular weight is 316 g/mol. The molecule has 4 atom stereocenters. The lowest BCUT2D eigenvalue weighted by molar-refractivity contribution is -0.149. The number of aliphatic carboxylic acids is 1. The number of carbonyl (C=O) groups is 3. The van der Waals surface area contributed by atoms with E-state index in [1.165, 1.54) is 0 Å². The highest BCUT2D eigenvalue weighted by Gasteiger charge is 2.65. The Morgan fingerprint density at radius 2 is 1.91 bits per heavy atom. The zero-order valence-electron chi connectivity index (χ0n) is 12.9. The molecule has 0 radical (unpaired) electrons. The topological polar surface area (TPSA) is 95.5 Å². The van der Waals surface area contributed by atoms with Gasteiger partial charge in [0, 0.05) is 6.04 Å². The van der Waals surface area contributed by atoms with Crippen molar-refractivity contribution in [2.45, 2.75) is 37.8 Å². The molecule has 6 heteroatoms. The fraction of sp³-hybridized carbons (Fsp3) is 0.471. The lowest BCUT2D eigenvalue weighted by Gasteiger charge is -2.29. The van der Waals surface area contributed by atoms with E-state index < -0.39 is 35.3 Å². The molecule has 2 aliphatic heterocycles. The van der Waals surface area contributed by atoms with Crippen molar-refractivity contribution in [3.8, 4) is 0 Å². The molecule has 3 rings (SSSR count). The zero-order valence-corrected chi connectivity index (χ0v) is 12.9. The number of hydrogen-bond donors (Lipinski definition) is 3. The van der Waals surface area contributed by atoms with E-state index in [0.29, 0.717) is 12.8 Å². The number of amides is 2. The van der Waals surface area contributed by atoms with E-state index in [1.807, 2.05) is 37.3 Å². The monoisotopic (exact) mass is 316 g/mol. The minimum absolute atomic E-state index is 0.323.